The van der Waals surface area contributed by atoms with Gasteiger partial charge in [0.15, 0.2) is 0 Å². The molecule has 3 rings (SSSR count). The normalized spacial score (nSPS) is 12.8. The van der Waals surface area contributed by atoms with E-state index in [9.17, 15) is 9.59 Å². The smallest absolute Gasteiger partial charge is 0.408 e. The average Bonchev–Trinajstić information content (AvgIpc) is 3.31. The Hall–Kier alpha value is -3.23. The fraction of sp³-hybridized carbons (Fsp3) is 0.320. The summed E-state index contributed by atoms with van der Waals surface area (Å²) in [5.74, 6) is -0.562. The second kappa shape index (κ2) is 11.6. The minimum Gasteiger partial charge on any atom is -0.445 e. The van der Waals surface area contributed by atoms with Gasteiger partial charge in [-0.1, -0.05) is 56.3 Å². The number of benzene rings is 2. The third-order valence-corrected chi connectivity index (χ3v) is 6.15. The van der Waals surface area contributed by atoms with Crippen LogP contribution >= 0.6 is 11.3 Å². The summed E-state index contributed by atoms with van der Waals surface area (Å²) in [7, 11) is 0. The highest BCUT2D eigenvalue weighted by molar-refractivity contribution is 7.09. The van der Waals surface area contributed by atoms with Crippen molar-refractivity contribution in [1.29, 1.82) is 0 Å². The van der Waals surface area contributed by atoms with Gasteiger partial charge in [-0.25, -0.2) is 9.78 Å². The summed E-state index contributed by atoms with van der Waals surface area (Å²) in [6.07, 6.45) is -0.508. The molecule has 1 heterocycles. The predicted molar refractivity (Wildman–Crippen MR) is 129 cm³/mol. The van der Waals surface area contributed by atoms with Gasteiger partial charge in [0.2, 0.25) is 5.91 Å². The first-order valence-electron chi connectivity index (χ1n) is 10.8. The van der Waals surface area contributed by atoms with Crippen LogP contribution in [0.15, 0.2) is 60.0 Å². The fourth-order valence-corrected chi connectivity index (χ4v) is 4.26. The molecule has 174 valence electrons. The number of aliphatic hydroxyl groups is 1. The number of aromatic nitrogens is 1. The van der Waals surface area contributed by atoms with Crippen molar-refractivity contribution in [3.8, 4) is 0 Å². The van der Waals surface area contributed by atoms with Crippen LogP contribution in [0.25, 0.3) is 0 Å². The van der Waals surface area contributed by atoms with Crippen molar-refractivity contribution in [2.45, 2.75) is 45.9 Å². The van der Waals surface area contributed by atoms with Gasteiger partial charge in [-0.15, -0.1) is 11.3 Å². The average molecular weight is 468 g/mol. The lowest BCUT2D eigenvalue weighted by atomic mass is 10.0. The number of amides is 2. The van der Waals surface area contributed by atoms with Crippen LogP contribution in [0.4, 0.5) is 10.5 Å². The molecule has 0 saturated heterocycles. The molecule has 0 bridgehead atoms. The van der Waals surface area contributed by atoms with Crippen LogP contribution in [-0.4, -0.2) is 22.1 Å². The van der Waals surface area contributed by atoms with Crippen LogP contribution in [0.2, 0.25) is 0 Å². The van der Waals surface area contributed by atoms with Crippen LogP contribution < -0.4 is 10.6 Å². The number of anilines is 1. The maximum absolute atomic E-state index is 12.7. The third-order valence-electron chi connectivity index (χ3n) is 5.20. The van der Waals surface area contributed by atoms with Crippen LogP contribution in [0.1, 0.15) is 54.6 Å². The maximum atomic E-state index is 12.7. The van der Waals surface area contributed by atoms with E-state index in [1.807, 2.05) is 49.6 Å². The Morgan fingerprint density at radius 2 is 1.73 bits per heavy atom. The van der Waals surface area contributed by atoms with Crippen molar-refractivity contribution in [3.05, 3.63) is 81.8 Å². The Labute approximate surface area is 197 Å². The largest absolute Gasteiger partial charge is 0.445 e. The molecule has 2 amide bonds. The number of hydrogen-bond donors (Lipinski definition) is 3. The number of thiazole rings is 1. The van der Waals surface area contributed by atoms with Crippen LogP contribution in [0, 0.1) is 5.92 Å². The first-order valence-corrected chi connectivity index (χ1v) is 11.7. The van der Waals surface area contributed by atoms with E-state index in [-0.39, 0.29) is 31.1 Å². The molecular formula is C25H29N3O4S. The molecule has 0 unspecified atom stereocenters. The fourth-order valence-electron chi connectivity index (χ4n) is 3.13. The SMILES string of the molecule is CC(C)[C@H](NC(=O)OCc1ccccc1)c1nc([C@@H](C)C(=O)Nc2ccc(CO)cc2)cs1. The summed E-state index contributed by atoms with van der Waals surface area (Å²) in [5.41, 5.74) is 2.99. The topological polar surface area (TPSA) is 101 Å². The number of ether oxygens (including phenoxy) is 1. The van der Waals surface area contributed by atoms with Gasteiger partial charge in [0.25, 0.3) is 0 Å². The standard InChI is InChI=1S/C25H29N3O4S/c1-16(2)22(28-25(31)32-14-19-7-5-4-6-8-19)24-27-21(15-33-24)17(3)23(30)26-20-11-9-18(13-29)10-12-20/h4-12,15-17,22,29H,13-14H2,1-3H3,(H,26,30)(H,28,31)/t17-,22+/m1/s1. The lowest BCUT2D eigenvalue weighted by Crippen LogP contribution is -2.32. The van der Waals surface area contributed by atoms with E-state index in [4.69, 9.17) is 9.84 Å². The van der Waals surface area contributed by atoms with E-state index in [1.165, 1.54) is 11.3 Å². The monoisotopic (exact) mass is 467 g/mol. The van der Waals surface area contributed by atoms with Crippen molar-refractivity contribution in [1.82, 2.24) is 10.3 Å². The van der Waals surface area contributed by atoms with E-state index in [1.54, 1.807) is 31.2 Å². The second-order valence-corrected chi connectivity index (χ2v) is 8.99. The molecule has 0 saturated carbocycles. The molecule has 0 aliphatic carbocycles. The van der Waals surface area contributed by atoms with Crippen molar-refractivity contribution < 1.29 is 19.4 Å². The highest BCUT2D eigenvalue weighted by Crippen LogP contribution is 2.28. The van der Waals surface area contributed by atoms with Gasteiger partial charge in [-0.2, -0.15) is 0 Å². The van der Waals surface area contributed by atoms with Crippen molar-refractivity contribution in [2.75, 3.05) is 5.32 Å². The van der Waals surface area contributed by atoms with Gasteiger partial charge in [-0.05, 0) is 36.1 Å². The van der Waals surface area contributed by atoms with Gasteiger partial charge in [0, 0.05) is 11.1 Å². The lowest BCUT2D eigenvalue weighted by molar-refractivity contribution is -0.117. The summed E-state index contributed by atoms with van der Waals surface area (Å²) in [6, 6.07) is 16.2. The molecule has 0 spiro atoms. The number of nitrogens with one attached hydrogen (secondary N) is 2. The zero-order valence-corrected chi connectivity index (χ0v) is 19.8. The summed E-state index contributed by atoms with van der Waals surface area (Å²) in [4.78, 5) is 29.7. The van der Waals surface area contributed by atoms with E-state index in [0.717, 1.165) is 16.1 Å². The Kier molecular flexibility index (Phi) is 8.57. The van der Waals surface area contributed by atoms with Crippen LogP contribution in [0.3, 0.4) is 0 Å². The zero-order valence-electron chi connectivity index (χ0n) is 18.9. The predicted octanol–water partition coefficient (Wildman–Crippen LogP) is 5.00. The van der Waals surface area contributed by atoms with Gasteiger partial charge in [-0.3, -0.25) is 4.79 Å². The maximum Gasteiger partial charge on any atom is 0.408 e. The van der Waals surface area contributed by atoms with E-state index in [0.29, 0.717) is 11.4 Å². The number of alkyl carbamates (subject to hydrolysis) is 1. The zero-order chi connectivity index (χ0) is 23.8. The summed E-state index contributed by atoms with van der Waals surface area (Å²) in [5, 5.41) is 17.5. The van der Waals surface area contributed by atoms with Crippen LogP contribution in [0.5, 0.6) is 0 Å². The van der Waals surface area contributed by atoms with Gasteiger partial charge < -0.3 is 20.5 Å². The molecule has 7 nitrogen and oxygen atoms in total. The highest BCUT2D eigenvalue weighted by Gasteiger charge is 2.25. The Morgan fingerprint density at radius 3 is 2.36 bits per heavy atom. The minimum atomic E-state index is -0.508. The van der Waals surface area contributed by atoms with Crippen molar-refractivity contribution in [2.24, 2.45) is 5.92 Å². The number of rotatable bonds is 9. The summed E-state index contributed by atoms with van der Waals surface area (Å²) >= 11 is 1.41. The molecule has 3 N–H and O–H groups in total. The third kappa shape index (κ3) is 6.87. The van der Waals surface area contributed by atoms with E-state index in [2.05, 4.69) is 15.6 Å². The number of carbonyl (C=O) groups is 2. The second-order valence-electron chi connectivity index (χ2n) is 8.10. The number of carbonyl (C=O) groups excluding carboxylic acids is 2. The van der Waals surface area contributed by atoms with Crippen molar-refractivity contribution in [3.63, 3.8) is 0 Å². The van der Waals surface area contributed by atoms with Gasteiger partial charge in [0.1, 0.15) is 11.6 Å². The minimum absolute atomic E-state index is 0.0446. The van der Waals surface area contributed by atoms with Crippen LogP contribution in [-0.2, 0) is 22.7 Å². The molecular weight excluding hydrogens is 438 g/mol. The molecule has 1 aromatic heterocycles. The molecule has 0 aliphatic heterocycles. The summed E-state index contributed by atoms with van der Waals surface area (Å²) in [6.45, 7) is 5.93. The molecule has 2 atom stereocenters. The molecule has 0 aliphatic rings. The summed E-state index contributed by atoms with van der Waals surface area (Å²) < 4.78 is 5.35. The molecule has 2 aromatic carbocycles. The van der Waals surface area contributed by atoms with E-state index >= 15 is 0 Å². The first-order chi connectivity index (χ1) is 15.9. The van der Waals surface area contributed by atoms with Gasteiger partial charge in [0.05, 0.1) is 24.3 Å². The first kappa shape index (κ1) is 24.4. The number of aliphatic hydroxyl groups excluding tert-OH is 1. The van der Waals surface area contributed by atoms with E-state index < -0.39 is 12.0 Å². The lowest BCUT2D eigenvalue weighted by Gasteiger charge is -2.20. The molecule has 0 radical (unpaired) electrons. The Bertz CT molecular complexity index is 1050. The number of nitrogens with zero attached hydrogens (tertiary/aromatic N) is 1. The Morgan fingerprint density at radius 1 is 1.03 bits per heavy atom. The molecule has 3 aromatic rings. The highest BCUT2D eigenvalue weighted by atomic mass is 32.1. The van der Waals surface area contributed by atoms with Crippen molar-refractivity contribution >= 4 is 29.0 Å². The van der Waals surface area contributed by atoms with Gasteiger partial charge >= 0.3 is 6.09 Å². The molecule has 8 heteroatoms. The molecule has 33 heavy (non-hydrogen) atoms. The Balaban J connectivity index is 1.61. The number of hydrogen-bond acceptors (Lipinski definition) is 6. The quantitative estimate of drug-likeness (QED) is 0.411. The molecule has 0 fully saturated rings.